The number of imidazole rings is 1. The van der Waals surface area contributed by atoms with Gasteiger partial charge in [-0.3, -0.25) is 4.79 Å². The lowest BCUT2D eigenvalue weighted by Crippen LogP contribution is -2.52. The van der Waals surface area contributed by atoms with Crippen LogP contribution in [-0.4, -0.2) is 62.3 Å². The van der Waals surface area contributed by atoms with E-state index in [9.17, 15) is 14.9 Å². The molecule has 9 nitrogen and oxygen atoms in total. The largest absolute Gasteiger partial charge is 0.394 e. The molecular weight excluding hydrogens is 280 g/mol. The number of aliphatic hydroxyl groups excluding tert-OH is 1. The van der Waals surface area contributed by atoms with Gasteiger partial charge in [0.25, 0.3) is 0 Å². The summed E-state index contributed by atoms with van der Waals surface area (Å²) in [6, 6.07) is -0.0441. The molecule has 2 atom stereocenters. The number of nitrogens with zero attached hydrogens (tertiary/aromatic N) is 4. The molecule has 2 rings (SSSR count). The van der Waals surface area contributed by atoms with E-state index in [1.807, 2.05) is 6.92 Å². The molecule has 1 amide bonds. The Hall–Kier alpha value is -2.00. The van der Waals surface area contributed by atoms with Crippen LogP contribution in [0.3, 0.4) is 0 Å². The van der Waals surface area contributed by atoms with Gasteiger partial charge in [-0.2, -0.15) is 0 Å². The Labute approximate surface area is 121 Å². The summed E-state index contributed by atoms with van der Waals surface area (Å²) in [6.45, 7) is 2.85. The van der Waals surface area contributed by atoms with Gasteiger partial charge in [-0.05, 0) is 16.8 Å². The van der Waals surface area contributed by atoms with E-state index in [2.05, 4.69) is 4.98 Å². The van der Waals surface area contributed by atoms with Gasteiger partial charge in [0.1, 0.15) is 6.20 Å². The number of rotatable bonds is 5. The van der Waals surface area contributed by atoms with Crippen molar-refractivity contribution in [2.24, 2.45) is 0 Å². The van der Waals surface area contributed by atoms with Crippen LogP contribution in [0.4, 0.5) is 5.82 Å². The summed E-state index contributed by atoms with van der Waals surface area (Å²) in [7, 11) is 0. The van der Waals surface area contributed by atoms with Gasteiger partial charge in [0, 0.05) is 19.5 Å². The normalized spacial score (nSPS) is 22.3. The van der Waals surface area contributed by atoms with E-state index in [1.54, 1.807) is 4.90 Å². The Kier molecular flexibility index (Phi) is 4.86. The van der Waals surface area contributed by atoms with Crippen molar-refractivity contribution in [2.75, 3.05) is 19.8 Å². The van der Waals surface area contributed by atoms with Crippen molar-refractivity contribution in [1.29, 1.82) is 0 Å². The first-order valence-electron chi connectivity index (χ1n) is 6.69. The highest BCUT2D eigenvalue weighted by Crippen LogP contribution is 2.14. The minimum absolute atomic E-state index is 0.0441. The van der Waals surface area contributed by atoms with Crippen LogP contribution in [0.25, 0.3) is 0 Å². The van der Waals surface area contributed by atoms with Crippen LogP contribution >= 0.6 is 0 Å². The number of aromatic nitrogens is 2. The molecule has 1 aliphatic rings. The van der Waals surface area contributed by atoms with Gasteiger partial charge in [-0.15, -0.1) is 0 Å². The number of aryl methyl sites for hydroxylation is 1. The van der Waals surface area contributed by atoms with Crippen molar-refractivity contribution in [1.82, 2.24) is 14.5 Å². The average Bonchev–Trinajstić information content (AvgIpc) is 2.94. The minimum atomic E-state index is -0.575. The van der Waals surface area contributed by atoms with E-state index in [0.29, 0.717) is 19.7 Å². The first kappa shape index (κ1) is 15.4. The molecule has 9 heteroatoms. The lowest BCUT2D eigenvalue weighted by Gasteiger charge is -2.37. The second-order valence-electron chi connectivity index (χ2n) is 5.01. The number of carbonyl (C=O) groups is 1. The summed E-state index contributed by atoms with van der Waals surface area (Å²) in [5.74, 6) is -0.303. The third-order valence-electron chi connectivity index (χ3n) is 3.42. The first-order chi connectivity index (χ1) is 10.0. The molecular formula is C12H18N4O5. The highest BCUT2D eigenvalue weighted by molar-refractivity contribution is 5.76. The Morgan fingerprint density at radius 1 is 1.67 bits per heavy atom. The smallest absolute Gasteiger partial charge is 0.381 e. The van der Waals surface area contributed by atoms with Gasteiger partial charge in [0.2, 0.25) is 12.2 Å². The summed E-state index contributed by atoms with van der Waals surface area (Å²) in [4.78, 5) is 27.5. The Morgan fingerprint density at radius 2 is 2.43 bits per heavy atom. The number of amides is 1. The van der Waals surface area contributed by atoms with E-state index in [1.165, 1.54) is 17.1 Å². The van der Waals surface area contributed by atoms with Gasteiger partial charge in [0.05, 0.1) is 25.4 Å². The number of hydrogen-bond donors (Lipinski definition) is 1. The highest BCUT2D eigenvalue weighted by Gasteiger charge is 2.28. The van der Waals surface area contributed by atoms with E-state index in [-0.39, 0.29) is 36.9 Å². The maximum atomic E-state index is 12.2. The summed E-state index contributed by atoms with van der Waals surface area (Å²) >= 11 is 0. The maximum Gasteiger partial charge on any atom is 0.381 e. The predicted molar refractivity (Wildman–Crippen MR) is 71.5 cm³/mol. The van der Waals surface area contributed by atoms with Crippen molar-refractivity contribution in [2.45, 2.75) is 32.0 Å². The second kappa shape index (κ2) is 6.64. The number of ether oxygens (including phenoxy) is 1. The van der Waals surface area contributed by atoms with Crippen LogP contribution in [-0.2, 0) is 16.1 Å². The molecule has 1 aromatic rings. The molecule has 2 heterocycles. The van der Waals surface area contributed by atoms with Crippen molar-refractivity contribution in [3.8, 4) is 0 Å². The fourth-order valence-electron chi connectivity index (χ4n) is 2.21. The molecule has 116 valence electrons. The van der Waals surface area contributed by atoms with Gasteiger partial charge in [-0.1, -0.05) is 0 Å². The molecule has 21 heavy (non-hydrogen) atoms. The maximum absolute atomic E-state index is 12.2. The topological polar surface area (TPSA) is 111 Å². The Morgan fingerprint density at radius 3 is 3.05 bits per heavy atom. The zero-order valence-electron chi connectivity index (χ0n) is 11.7. The van der Waals surface area contributed by atoms with Crippen molar-refractivity contribution >= 4 is 11.7 Å². The van der Waals surface area contributed by atoms with Crippen LogP contribution in [0.15, 0.2) is 12.5 Å². The van der Waals surface area contributed by atoms with Crippen molar-refractivity contribution < 1.29 is 19.6 Å². The fraction of sp³-hybridized carbons (Fsp3) is 0.667. The van der Waals surface area contributed by atoms with Crippen LogP contribution in [0.2, 0.25) is 0 Å². The lowest BCUT2D eigenvalue weighted by atomic mass is 10.2. The number of morpholine rings is 1. The summed E-state index contributed by atoms with van der Waals surface area (Å²) < 4.78 is 6.90. The molecule has 0 spiro atoms. The first-order valence-corrected chi connectivity index (χ1v) is 6.69. The monoisotopic (exact) mass is 298 g/mol. The van der Waals surface area contributed by atoms with E-state index in [4.69, 9.17) is 9.84 Å². The number of hydrogen-bond acceptors (Lipinski definition) is 6. The fourth-order valence-corrected chi connectivity index (χ4v) is 2.21. The Bertz CT molecular complexity index is 518. The molecule has 1 aromatic heterocycles. The molecule has 1 fully saturated rings. The van der Waals surface area contributed by atoms with E-state index >= 15 is 0 Å². The quantitative estimate of drug-likeness (QED) is 0.595. The van der Waals surface area contributed by atoms with Crippen molar-refractivity contribution in [3.63, 3.8) is 0 Å². The standard InChI is InChI=1S/C12H18N4O5/c1-9-7-21-10(6-17)4-15(9)12(18)2-3-14-5-11(13-8-14)16(19)20/h5,8-10,17H,2-4,6-7H2,1H3. The Balaban J connectivity index is 1.89. The molecule has 0 saturated carbocycles. The number of aliphatic hydroxyl groups is 1. The highest BCUT2D eigenvalue weighted by atomic mass is 16.6. The van der Waals surface area contributed by atoms with Crippen LogP contribution < -0.4 is 0 Å². The van der Waals surface area contributed by atoms with E-state index < -0.39 is 4.92 Å². The lowest BCUT2D eigenvalue weighted by molar-refractivity contribution is -0.389. The van der Waals surface area contributed by atoms with Crippen LogP contribution in [0, 0.1) is 10.1 Å². The number of carbonyl (C=O) groups excluding carboxylic acids is 1. The molecule has 1 aliphatic heterocycles. The van der Waals surface area contributed by atoms with Crippen LogP contribution in [0.1, 0.15) is 13.3 Å². The molecule has 0 radical (unpaired) electrons. The van der Waals surface area contributed by atoms with Crippen LogP contribution in [0.5, 0.6) is 0 Å². The SMILES string of the molecule is CC1COC(CO)CN1C(=O)CCn1cnc([N+](=O)[O-])c1. The summed E-state index contributed by atoms with van der Waals surface area (Å²) in [5, 5.41) is 19.6. The number of nitro groups is 1. The molecule has 0 aliphatic carbocycles. The van der Waals surface area contributed by atoms with Gasteiger partial charge >= 0.3 is 5.82 Å². The van der Waals surface area contributed by atoms with Gasteiger partial charge < -0.3 is 29.4 Å². The minimum Gasteiger partial charge on any atom is -0.394 e. The molecule has 1 saturated heterocycles. The third-order valence-corrected chi connectivity index (χ3v) is 3.42. The molecule has 0 bridgehead atoms. The zero-order valence-corrected chi connectivity index (χ0v) is 11.7. The third kappa shape index (κ3) is 3.76. The summed E-state index contributed by atoms with van der Waals surface area (Å²) in [6.07, 6.45) is 2.51. The molecule has 2 unspecified atom stereocenters. The zero-order chi connectivity index (χ0) is 15.4. The molecule has 0 aromatic carbocycles. The van der Waals surface area contributed by atoms with Gasteiger partial charge in [0.15, 0.2) is 0 Å². The second-order valence-corrected chi connectivity index (χ2v) is 5.01. The summed E-state index contributed by atoms with van der Waals surface area (Å²) in [5.41, 5.74) is 0. The molecule has 1 N–H and O–H groups in total. The van der Waals surface area contributed by atoms with E-state index in [0.717, 1.165) is 0 Å². The van der Waals surface area contributed by atoms with Gasteiger partial charge in [-0.25, -0.2) is 0 Å². The predicted octanol–water partition coefficient (Wildman–Crippen LogP) is -0.210. The van der Waals surface area contributed by atoms with Crippen molar-refractivity contribution in [3.05, 3.63) is 22.6 Å². The average molecular weight is 298 g/mol.